The molecule has 0 amide bonds. The van der Waals surface area contributed by atoms with Crippen molar-refractivity contribution in [2.45, 2.75) is 40.0 Å². The Morgan fingerprint density at radius 1 is 1.00 bits per heavy atom. The summed E-state index contributed by atoms with van der Waals surface area (Å²) >= 11 is 0. The van der Waals surface area contributed by atoms with Crippen molar-refractivity contribution < 1.29 is 0 Å². The van der Waals surface area contributed by atoms with Crippen LogP contribution in [0.4, 0.5) is 0 Å². The predicted octanol–water partition coefficient (Wildman–Crippen LogP) is 2.43. The molecule has 0 saturated carbocycles. The molecule has 0 aliphatic heterocycles. The zero-order valence-electron chi connectivity index (χ0n) is 6.70. The van der Waals surface area contributed by atoms with Crippen molar-refractivity contribution in [2.75, 3.05) is 0 Å². The van der Waals surface area contributed by atoms with Gasteiger partial charge in [0.25, 0.3) is 0 Å². The van der Waals surface area contributed by atoms with Crippen molar-refractivity contribution in [1.82, 2.24) is 0 Å². The van der Waals surface area contributed by atoms with Crippen LogP contribution in [0.2, 0.25) is 0 Å². The Morgan fingerprint density at radius 3 is 1.56 bits per heavy atom. The van der Waals surface area contributed by atoms with Crippen molar-refractivity contribution in [2.24, 2.45) is 5.73 Å². The molecule has 0 saturated heterocycles. The van der Waals surface area contributed by atoms with Crippen LogP contribution in [0.5, 0.6) is 0 Å². The molecule has 0 atom stereocenters. The second-order valence-electron chi connectivity index (χ2n) is 2.19. The quantitative estimate of drug-likeness (QED) is 0.619. The molecule has 2 N–H and O–H groups in total. The topological polar surface area (TPSA) is 26.0 Å². The Balaban J connectivity index is 4.01. The molecule has 0 spiro atoms. The molecular weight excluding hydrogens is 110 g/mol. The summed E-state index contributed by atoms with van der Waals surface area (Å²) in [6, 6.07) is 0. The Labute approximate surface area is 57.9 Å². The molecule has 0 bridgehead atoms. The van der Waals surface area contributed by atoms with E-state index in [0.29, 0.717) is 0 Å². The highest BCUT2D eigenvalue weighted by molar-refractivity contribution is 5.09. The first-order valence-electron chi connectivity index (χ1n) is 3.72. The van der Waals surface area contributed by atoms with Gasteiger partial charge in [0, 0.05) is 5.70 Å². The Hall–Kier alpha value is -0.460. The molecule has 0 aromatic carbocycles. The summed E-state index contributed by atoms with van der Waals surface area (Å²) in [6.45, 7) is 6.41. The summed E-state index contributed by atoms with van der Waals surface area (Å²) in [7, 11) is 0. The van der Waals surface area contributed by atoms with Gasteiger partial charge in [0.15, 0.2) is 0 Å². The maximum atomic E-state index is 5.72. The van der Waals surface area contributed by atoms with E-state index >= 15 is 0 Å². The standard InChI is InChI=1S/C8H17N/c1-4-7(5-2)8(9)6-3/h4-6,9H2,1-3H3. The van der Waals surface area contributed by atoms with Crippen LogP contribution < -0.4 is 5.73 Å². The summed E-state index contributed by atoms with van der Waals surface area (Å²) in [5.74, 6) is 0. The van der Waals surface area contributed by atoms with Crippen molar-refractivity contribution in [1.29, 1.82) is 0 Å². The highest BCUT2D eigenvalue weighted by Crippen LogP contribution is 2.10. The lowest BCUT2D eigenvalue weighted by Crippen LogP contribution is -1.99. The van der Waals surface area contributed by atoms with Gasteiger partial charge in [-0.15, -0.1) is 0 Å². The van der Waals surface area contributed by atoms with Gasteiger partial charge >= 0.3 is 0 Å². The summed E-state index contributed by atoms with van der Waals surface area (Å²) in [5, 5.41) is 0. The van der Waals surface area contributed by atoms with Crippen molar-refractivity contribution in [3.63, 3.8) is 0 Å². The van der Waals surface area contributed by atoms with Gasteiger partial charge in [-0.25, -0.2) is 0 Å². The van der Waals surface area contributed by atoms with Gasteiger partial charge in [-0.1, -0.05) is 26.3 Å². The number of rotatable bonds is 3. The van der Waals surface area contributed by atoms with Crippen LogP contribution in [-0.2, 0) is 0 Å². The molecule has 0 aliphatic carbocycles. The molecule has 1 nitrogen and oxygen atoms in total. The van der Waals surface area contributed by atoms with E-state index in [2.05, 4.69) is 20.8 Å². The smallest absolute Gasteiger partial charge is 0.00693 e. The second-order valence-corrected chi connectivity index (χ2v) is 2.19. The fourth-order valence-corrected chi connectivity index (χ4v) is 0.954. The van der Waals surface area contributed by atoms with E-state index in [1.165, 1.54) is 5.57 Å². The van der Waals surface area contributed by atoms with E-state index in [-0.39, 0.29) is 0 Å². The van der Waals surface area contributed by atoms with Gasteiger partial charge in [-0.05, 0) is 19.3 Å². The lowest BCUT2D eigenvalue weighted by molar-refractivity contribution is 0.899. The van der Waals surface area contributed by atoms with Crippen LogP contribution in [0.1, 0.15) is 40.0 Å². The summed E-state index contributed by atoms with van der Waals surface area (Å²) < 4.78 is 0. The van der Waals surface area contributed by atoms with E-state index in [1.54, 1.807) is 0 Å². The van der Waals surface area contributed by atoms with Crippen LogP contribution in [0.15, 0.2) is 11.3 Å². The highest BCUT2D eigenvalue weighted by Gasteiger charge is 1.94. The SMILES string of the molecule is CCC(N)=C(CC)CC. The molecule has 0 aliphatic rings. The summed E-state index contributed by atoms with van der Waals surface area (Å²) in [4.78, 5) is 0. The lowest BCUT2D eigenvalue weighted by Gasteiger charge is -2.04. The van der Waals surface area contributed by atoms with Crippen LogP contribution >= 0.6 is 0 Å². The molecule has 0 rings (SSSR count). The van der Waals surface area contributed by atoms with Gasteiger partial charge in [0.1, 0.15) is 0 Å². The second kappa shape index (κ2) is 4.42. The lowest BCUT2D eigenvalue weighted by atomic mass is 10.1. The Morgan fingerprint density at radius 2 is 1.44 bits per heavy atom. The minimum Gasteiger partial charge on any atom is -0.402 e. The minimum atomic E-state index is 0.997. The Kier molecular flexibility index (Phi) is 4.20. The van der Waals surface area contributed by atoms with Gasteiger partial charge in [-0.2, -0.15) is 0 Å². The molecule has 0 heterocycles. The number of nitrogens with two attached hydrogens (primary N) is 1. The van der Waals surface area contributed by atoms with Gasteiger partial charge < -0.3 is 5.73 Å². The first-order chi connectivity index (χ1) is 4.26. The van der Waals surface area contributed by atoms with Crippen molar-refractivity contribution in [3.05, 3.63) is 11.3 Å². The third-order valence-electron chi connectivity index (χ3n) is 1.69. The van der Waals surface area contributed by atoms with Gasteiger partial charge in [0.2, 0.25) is 0 Å². The zero-order valence-corrected chi connectivity index (χ0v) is 6.70. The highest BCUT2D eigenvalue weighted by atomic mass is 14.6. The first kappa shape index (κ1) is 8.54. The van der Waals surface area contributed by atoms with E-state index in [1.807, 2.05) is 0 Å². The van der Waals surface area contributed by atoms with E-state index < -0.39 is 0 Å². The fraction of sp³-hybridized carbons (Fsp3) is 0.750. The molecule has 0 unspecified atom stereocenters. The Bertz CT molecular complexity index is 97.1. The third-order valence-corrected chi connectivity index (χ3v) is 1.69. The first-order valence-corrected chi connectivity index (χ1v) is 3.72. The summed E-state index contributed by atoms with van der Waals surface area (Å²) in [5.41, 5.74) is 8.22. The van der Waals surface area contributed by atoms with Crippen molar-refractivity contribution >= 4 is 0 Å². The average molecular weight is 127 g/mol. The normalized spacial score (nSPS) is 9.22. The van der Waals surface area contributed by atoms with Crippen molar-refractivity contribution in [3.8, 4) is 0 Å². The molecule has 0 fully saturated rings. The van der Waals surface area contributed by atoms with Crippen LogP contribution in [0, 0.1) is 0 Å². The van der Waals surface area contributed by atoms with E-state index in [9.17, 15) is 0 Å². The fourth-order valence-electron chi connectivity index (χ4n) is 0.954. The molecule has 1 heteroatoms. The molecule has 9 heavy (non-hydrogen) atoms. The van der Waals surface area contributed by atoms with Gasteiger partial charge in [-0.3, -0.25) is 0 Å². The van der Waals surface area contributed by atoms with E-state index in [0.717, 1.165) is 25.0 Å². The maximum Gasteiger partial charge on any atom is 0.00693 e. The minimum absolute atomic E-state index is 0.997. The number of hydrogen-bond donors (Lipinski definition) is 1. The van der Waals surface area contributed by atoms with Crippen LogP contribution in [0.25, 0.3) is 0 Å². The molecule has 0 aromatic heterocycles. The largest absolute Gasteiger partial charge is 0.402 e. The van der Waals surface area contributed by atoms with Crippen LogP contribution in [0.3, 0.4) is 0 Å². The summed E-state index contributed by atoms with van der Waals surface area (Å²) in [6.07, 6.45) is 3.21. The molecule has 54 valence electrons. The third kappa shape index (κ3) is 2.54. The van der Waals surface area contributed by atoms with Crippen LogP contribution in [-0.4, -0.2) is 0 Å². The van der Waals surface area contributed by atoms with E-state index in [4.69, 9.17) is 5.73 Å². The number of allylic oxidation sites excluding steroid dienone is 2. The number of hydrogen-bond acceptors (Lipinski definition) is 1. The zero-order chi connectivity index (χ0) is 7.28. The maximum absolute atomic E-state index is 5.72. The predicted molar refractivity (Wildman–Crippen MR) is 42.1 cm³/mol. The monoisotopic (exact) mass is 127 g/mol. The molecular formula is C8H17N. The van der Waals surface area contributed by atoms with Gasteiger partial charge in [0.05, 0.1) is 0 Å². The molecule has 0 radical (unpaired) electrons. The average Bonchev–Trinajstić information content (AvgIpc) is 1.90. The molecule has 0 aromatic rings.